The zero-order valence-electron chi connectivity index (χ0n) is 6.83. The average molecular weight is 176 g/mol. The van der Waals surface area contributed by atoms with Gasteiger partial charge in [0.2, 0.25) is 0 Å². The average Bonchev–Trinajstić information content (AvgIpc) is 1.85. The van der Waals surface area contributed by atoms with Crippen LogP contribution in [-0.2, 0) is 10.1 Å². The normalized spacial score (nSPS) is 16.4. The number of hydrogen-bond donors (Lipinski definition) is 1. The maximum absolute atomic E-state index is 10.5. The molecule has 64 valence electrons. The first-order valence-electron chi connectivity index (χ1n) is 3.28. The Morgan fingerprint density at radius 3 is 2.09 bits per heavy atom. The molecule has 1 N–H and O–H groups in total. The van der Waals surface area contributed by atoms with E-state index in [1.807, 2.05) is 0 Å². The summed E-state index contributed by atoms with van der Waals surface area (Å²) in [4.78, 5) is 0. The summed E-state index contributed by atoms with van der Waals surface area (Å²) in [6, 6.07) is 0. The minimum Gasteiger partial charge on any atom is -0.285 e. The molecule has 0 bridgehead atoms. The minimum absolute atomic E-state index is 0.324. The maximum Gasteiger partial charge on any atom is 0.268 e. The van der Waals surface area contributed by atoms with Crippen LogP contribution in [0.1, 0.15) is 20.8 Å². The van der Waals surface area contributed by atoms with E-state index in [2.05, 4.69) is 11.8 Å². The van der Waals surface area contributed by atoms with Gasteiger partial charge >= 0.3 is 0 Å². The van der Waals surface area contributed by atoms with Gasteiger partial charge in [0.05, 0.1) is 5.25 Å². The fraction of sp³-hybridized carbons (Fsp3) is 0.714. The summed E-state index contributed by atoms with van der Waals surface area (Å²) in [6.45, 7) is 4.73. The van der Waals surface area contributed by atoms with Crippen molar-refractivity contribution in [2.45, 2.75) is 26.0 Å². The second-order valence-corrected chi connectivity index (χ2v) is 4.18. The Kier molecular flexibility index (Phi) is 3.56. The fourth-order valence-corrected chi connectivity index (χ4v) is 1.19. The van der Waals surface area contributed by atoms with Crippen LogP contribution < -0.4 is 0 Å². The molecule has 0 saturated heterocycles. The van der Waals surface area contributed by atoms with Gasteiger partial charge in [-0.2, -0.15) is 8.42 Å². The predicted molar refractivity (Wildman–Crippen MR) is 43.6 cm³/mol. The minimum atomic E-state index is -3.93. The molecule has 0 aliphatic rings. The van der Waals surface area contributed by atoms with Gasteiger partial charge in [0.1, 0.15) is 0 Å². The molecule has 0 spiro atoms. The van der Waals surface area contributed by atoms with Crippen LogP contribution in [0.25, 0.3) is 0 Å². The van der Waals surface area contributed by atoms with Gasteiger partial charge in [0.25, 0.3) is 10.1 Å². The second-order valence-electron chi connectivity index (χ2n) is 2.40. The van der Waals surface area contributed by atoms with Crippen molar-refractivity contribution in [3.8, 4) is 11.8 Å². The Balaban J connectivity index is 4.47. The van der Waals surface area contributed by atoms with Crippen molar-refractivity contribution < 1.29 is 13.0 Å². The van der Waals surface area contributed by atoms with E-state index in [0.29, 0.717) is 0 Å². The highest BCUT2D eigenvalue weighted by atomic mass is 32.2. The van der Waals surface area contributed by atoms with Crippen molar-refractivity contribution in [3.63, 3.8) is 0 Å². The molecular formula is C7H12O3S. The molecule has 0 aliphatic carbocycles. The number of rotatable bonds is 2. The lowest BCUT2D eigenvalue weighted by molar-refractivity contribution is 0.459. The molecule has 0 heterocycles. The highest BCUT2D eigenvalue weighted by Gasteiger charge is 2.22. The topological polar surface area (TPSA) is 54.4 Å². The molecule has 0 amide bonds. The molecule has 0 radical (unpaired) electrons. The quantitative estimate of drug-likeness (QED) is 0.503. The Hall–Kier alpha value is -0.530. The molecule has 2 unspecified atom stereocenters. The first-order valence-corrected chi connectivity index (χ1v) is 4.78. The molecule has 0 rings (SSSR count). The second kappa shape index (κ2) is 3.74. The standard InChI is InChI=1S/C7H12O3S/c1-4-5-6(2)7(3)11(8,9)10/h6-7H,1-3H3,(H,8,9,10). The molecule has 11 heavy (non-hydrogen) atoms. The van der Waals surface area contributed by atoms with E-state index >= 15 is 0 Å². The zero-order valence-corrected chi connectivity index (χ0v) is 7.64. The van der Waals surface area contributed by atoms with Crippen molar-refractivity contribution in [2.24, 2.45) is 5.92 Å². The van der Waals surface area contributed by atoms with Gasteiger partial charge in [-0.15, -0.1) is 5.92 Å². The van der Waals surface area contributed by atoms with Gasteiger partial charge in [-0.1, -0.05) is 12.8 Å². The van der Waals surface area contributed by atoms with E-state index in [-0.39, 0.29) is 5.92 Å². The van der Waals surface area contributed by atoms with Gasteiger partial charge in [0.15, 0.2) is 0 Å². The van der Waals surface area contributed by atoms with Crippen molar-refractivity contribution >= 4 is 10.1 Å². The Labute approximate surface area is 67.6 Å². The van der Waals surface area contributed by atoms with Crippen LogP contribution in [0.2, 0.25) is 0 Å². The van der Waals surface area contributed by atoms with Crippen LogP contribution in [0.3, 0.4) is 0 Å². The first kappa shape index (κ1) is 10.5. The highest BCUT2D eigenvalue weighted by molar-refractivity contribution is 7.86. The molecular weight excluding hydrogens is 164 g/mol. The Morgan fingerprint density at radius 1 is 1.36 bits per heavy atom. The van der Waals surface area contributed by atoms with Crippen LogP contribution in [0.15, 0.2) is 0 Å². The summed E-state index contributed by atoms with van der Waals surface area (Å²) >= 11 is 0. The van der Waals surface area contributed by atoms with Crippen LogP contribution in [0.5, 0.6) is 0 Å². The molecule has 0 aromatic heterocycles. The van der Waals surface area contributed by atoms with Gasteiger partial charge < -0.3 is 0 Å². The monoisotopic (exact) mass is 176 g/mol. The van der Waals surface area contributed by atoms with E-state index in [1.165, 1.54) is 6.92 Å². The van der Waals surface area contributed by atoms with Crippen molar-refractivity contribution in [1.82, 2.24) is 0 Å². The lowest BCUT2D eigenvalue weighted by Crippen LogP contribution is -2.23. The molecule has 0 saturated carbocycles. The van der Waals surface area contributed by atoms with Gasteiger partial charge in [0, 0.05) is 5.92 Å². The van der Waals surface area contributed by atoms with Crippen molar-refractivity contribution in [3.05, 3.63) is 0 Å². The molecule has 2 atom stereocenters. The lowest BCUT2D eigenvalue weighted by Gasteiger charge is -2.09. The third-order valence-corrected chi connectivity index (χ3v) is 2.89. The molecule has 0 aromatic rings. The van der Waals surface area contributed by atoms with Crippen molar-refractivity contribution in [1.29, 1.82) is 0 Å². The van der Waals surface area contributed by atoms with Crippen LogP contribution in [0.4, 0.5) is 0 Å². The molecule has 3 nitrogen and oxygen atoms in total. The smallest absolute Gasteiger partial charge is 0.268 e. The van der Waals surface area contributed by atoms with E-state index in [4.69, 9.17) is 4.55 Å². The van der Waals surface area contributed by atoms with Gasteiger partial charge in [-0.25, -0.2) is 0 Å². The lowest BCUT2D eigenvalue weighted by atomic mass is 10.1. The predicted octanol–water partition coefficient (Wildman–Crippen LogP) is 0.922. The summed E-state index contributed by atoms with van der Waals surface area (Å²) in [5.74, 6) is 4.93. The molecule has 0 aromatic carbocycles. The largest absolute Gasteiger partial charge is 0.285 e. The highest BCUT2D eigenvalue weighted by Crippen LogP contribution is 2.09. The third kappa shape index (κ3) is 3.40. The van der Waals surface area contributed by atoms with Gasteiger partial charge in [-0.05, 0) is 13.8 Å². The first-order chi connectivity index (χ1) is 4.89. The van der Waals surface area contributed by atoms with Crippen LogP contribution in [-0.4, -0.2) is 18.2 Å². The van der Waals surface area contributed by atoms with E-state index in [0.717, 1.165) is 0 Å². The molecule has 0 fully saturated rings. The van der Waals surface area contributed by atoms with Crippen LogP contribution >= 0.6 is 0 Å². The SMILES string of the molecule is CC#CC(C)C(C)S(=O)(=O)O. The van der Waals surface area contributed by atoms with Crippen molar-refractivity contribution in [2.75, 3.05) is 0 Å². The van der Waals surface area contributed by atoms with E-state index in [1.54, 1.807) is 13.8 Å². The summed E-state index contributed by atoms with van der Waals surface area (Å²) in [5.41, 5.74) is 0. The summed E-state index contributed by atoms with van der Waals surface area (Å²) in [5, 5.41) is -0.810. The summed E-state index contributed by atoms with van der Waals surface area (Å²) in [7, 11) is -3.93. The van der Waals surface area contributed by atoms with E-state index < -0.39 is 15.4 Å². The Morgan fingerprint density at radius 2 is 1.82 bits per heavy atom. The maximum atomic E-state index is 10.5. The fourth-order valence-electron chi connectivity index (χ4n) is 0.603. The Bertz CT molecular complexity index is 268. The summed E-state index contributed by atoms with van der Waals surface area (Å²) < 4.78 is 29.7. The summed E-state index contributed by atoms with van der Waals surface area (Å²) in [6.07, 6.45) is 0. The molecule has 4 heteroatoms. The zero-order chi connectivity index (χ0) is 9.07. The number of hydrogen-bond acceptors (Lipinski definition) is 2. The van der Waals surface area contributed by atoms with Crippen LogP contribution in [0, 0.1) is 17.8 Å². The molecule has 0 aliphatic heterocycles. The third-order valence-electron chi connectivity index (χ3n) is 1.55. The van der Waals surface area contributed by atoms with E-state index in [9.17, 15) is 8.42 Å². The van der Waals surface area contributed by atoms with Gasteiger partial charge in [-0.3, -0.25) is 4.55 Å².